The first kappa shape index (κ1) is 18.7. The summed E-state index contributed by atoms with van der Waals surface area (Å²) < 4.78 is 29.8. The van der Waals surface area contributed by atoms with Gasteiger partial charge in [0.05, 0.1) is 12.0 Å². The fraction of sp³-hybridized carbons (Fsp3) is 0.158. The van der Waals surface area contributed by atoms with Gasteiger partial charge in [-0.25, -0.2) is 8.42 Å². The quantitative estimate of drug-likeness (QED) is 0.699. The van der Waals surface area contributed by atoms with Crippen LogP contribution in [0.1, 0.15) is 0 Å². The summed E-state index contributed by atoms with van der Waals surface area (Å²) in [5, 5.41) is 13.4. The molecule has 2 aromatic carbocycles. The number of ether oxygens (including phenoxy) is 1. The van der Waals surface area contributed by atoms with Crippen molar-refractivity contribution in [2.75, 3.05) is 13.4 Å². The van der Waals surface area contributed by atoms with Gasteiger partial charge in [0.15, 0.2) is 9.84 Å². The van der Waals surface area contributed by atoms with Gasteiger partial charge < -0.3 is 9.84 Å². The lowest BCUT2D eigenvalue weighted by Gasteiger charge is -2.05. The number of carboxylic acid groups (broad SMARTS) is 1. The van der Waals surface area contributed by atoms with Crippen molar-refractivity contribution in [2.45, 2.75) is 11.4 Å². The van der Waals surface area contributed by atoms with E-state index >= 15 is 0 Å². The summed E-state index contributed by atoms with van der Waals surface area (Å²) >= 11 is 0. The monoisotopic (exact) mass is 386 g/mol. The maximum atomic E-state index is 11.7. The number of carboxylic acids is 1. The molecule has 140 valence electrons. The number of methoxy groups -OCH3 is 1. The van der Waals surface area contributed by atoms with Crippen LogP contribution in [0.2, 0.25) is 0 Å². The van der Waals surface area contributed by atoms with Crippen LogP contribution < -0.4 is 4.74 Å². The van der Waals surface area contributed by atoms with E-state index in [0.29, 0.717) is 17.0 Å². The topological polar surface area (TPSA) is 98.5 Å². The Morgan fingerprint density at radius 2 is 1.67 bits per heavy atom. The normalized spacial score (nSPS) is 11.3. The summed E-state index contributed by atoms with van der Waals surface area (Å²) in [6.45, 7) is -0.273. The van der Waals surface area contributed by atoms with Crippen LogP contribution in [0.5, 0.6) is 5.75 Å². The SMILES string of the molecule is COc1ccc(-c2cn(CC(=O)O)nc2-c2ccc(S(C)(=O)=O)cc2)cc1. The third-order valence-electron chi connectivity index (χ3n) is 4.02. The summed E-state index contributed by atoms with van der Waals surface area (Å²) in [4.78, 5) is 11.3. The molecule has 3 aromatic rings. The van der Waals surface area contributed by atoms with Crippen molar-refractivity contribution in [1.29, 1.82) is 0 Å². The van der Waals surface area contributed by atoms with Gasteiger partial charge in [-0.15, -0.1) is 0 Å². The number of hydrogen-bond acceptors (Lipinski definition) is 5. The third-order valence-corrected chi connectivity index (χ3v) is 5.14. The predicted molar refractivity (Wildman–Crippen MR) is 100 cm³/mol. The molecular formula is C19H18N2O5S. The Hall–Kier alpha value is -3.13. The van der Waals surface area contributed by atoms with Crippen LogP contribution in [0, 0.1) is 0 Å². The Bertz CT molecular complexity index is 1070. The van der Waals surface area contributed by atoms with E-state index in [1.54, 1.807) is 37.6 Å². The van der Waals surface area contributed by atoms with E-state index in [9.17, 15) is 13.2 Å². The lowest BCUT2D eigenvalue weighted by molar-refractivity contribution is -0.137. The van der Waals surface area contributed by atoms with E-state index in [1.165, 1.54) is 16.8 Å². The first-order valence-corrected chi connectivity index (χ1v) is 9.91. The summed E-state index contributed by atoms with van der Waals surface area (Å²) in [5.41, 5.74) is 2.85. The smallest absolute Gasteiger partial charge is 0.325 e. The second kappa shape index (κ2) is 7.24. The first-order chi connectivity index (χ1) is 12.8. The molecule has 1 aromatic heterocycles. The highest BCUT2D eigenvalue weighted by molar-refractivity contribution is 7.90. The number of hydrogen-bond donors (Lipinski definition) is 1. The number of aliphatic carboxylic acids is 1. The van der Waals surface area contributed by atoms with Gasteiger partial charge in [-0.05, 0) is 29.8 Å². The van der Waals surface area contributed by atoms with Gasteiger partial charge in [0.1, 0.15) is 18.0 Å². The summed E-state index contributed by atoms with van der Waals surface area (Å²) in [5.74, 6) is -0.298. The molecule has 0 fully saturated rings. The zero-order valence-electron chi connectivity index (χ0n) is 14.8. The predicted octanol–water partition coefficient (Wildman–Crippen LogP) is 2.71. The molecule has 0 saturated heterocycles. The molecule has 0 aliphatic rings. The molecule has 1 N–H and O–H groups in total. The number of nitrogens with zero attached hydrogens (tertiary/aromatic N) is 2. The molecule has 0 aliphatic heterocycles. The highest BCUT2D eigenvalue weighted by atomic mass is 32.2. The Morgan fingerprint density at radius 1 is 1.07 bits per heavy atom. The van der Waals surface area contributed by atoms with Crippen LogP contribution in [-0.2, 0) is 21.2 Å². The van der Waals surface area contributed by atoms with Gasteiger partial charge in [-0.1, -0.05) is 24.3 Å². The van der Waals surface area contributed by atoms with Gasteiger partial charge in [0, 0.05) is 23.6 Å². The van der Waals surface area contributed by atoms with Gasteiger partial charge in [-0.2, -0.15) is 5.10 Å². The van der Waals surface area contributed by atoms with Crippen molar-refractivity contribution >= 4 is 15.8 Å². The Kier molecular flexibility index (Phi) is 5.00. The summed E-state index contributed by atoms with van der Waals surface area (Å²) in [6, 6.07) is 13.7. The number of rotatable bonds is 6. The Balaban J connectivity index is 2.09. The molecule has 0 amide bonds. The van der Waals surface area contributed by atoms with E-state index in [4.69, 9.17) is 9.84 Å². The molecular weight excluding hydrogens is 368 g/mol. The molecule has 3 rings (SSSR count). The average Bonchev–Trinajstić information content (AvgIpc) is 3.04. The van der Waals surface area contributed by atoms with E-state index in [1.807, 2.05) is 12.1 Å². The maximum Gasteiger partial charge on any atom is 0.325 e. The van der Waals surface area contributed by atoms with Crippen molar-refractivity contribution in [3.05, 3.63) is 54.7 Å². The van der Waals surface area contributed by atoms with Gasteiger partial charge >= 0.3 is 5.97 Å². The number of benzene rings is 2. The highest BCUT2D eigenvalue weighted by Gasteiger charge is 2.16. The second-order valence-electron chi connectivity index (χ2n) is 6.01. The summed E-state index contributed by atoms with van der Waals surface area (Å²) in [7, 11) is -1.72. The maximum absolute atomic E-state index is 11.7. The van der Waals surface area contributed by atoms with Gasteiger partial charge in [0.25, 0.3) is 0 Å². The number of carbonyl (C=O) groups is 1. The van der Waals surface area contributed by atoms with Crippen molar-refractivity contribution in [3.63, 3.8) is 0 Å². The van der Waals surface area contributed by atoms with Crippen molar-refractivity contribution < 1.29 is 23.1 Å². The molecule has 0 bridgehead atoms. The van der Waals surface area contributed by atoms with Crippen molar-refractivity contribution in [1.82, 2.24) is 9.78 Å². The highest BCUT2D eigenvalue weighted by Crippen LogP contribution is 2.32. The molecule has 1 heterocycles. The van der Waals surface area contributed by atoms with Crippen LogP contribution >= 0.6 is 0 Å². The van der Waals surface area contributed by atoms with E-state index in [0.717, 1.165) is 17.4 Å². The lowest BCUT2D eigenvalue weighted by Crippen LogP contribution is -2.08. The average molecular weight is 386 g/mol. The number of aromatic nitrogens is 2. The molecule has 7 nitrogen and oxygen atoms in total. The standard InChI is InChI=1S/C19H18N2O5S/c1-26-15-7-3-13(4-8-15)17-11-21(12-18(22)23)20-19(17)14-5-9-16(10-6-14)27(2,24)25/h3-11H,12H2,1-2H3,(H,22,23). The fourth-order valence-corrected chi connectivity index (χ4v) is 3.33. The minimum atomic E-state index is -3.30. The van der Waals surface area contributed by atoms with Crippen LogP contribution in [0.15, 0.2) is 59.6 Å². The molecule has 27 heavy (non-hydrogen) atoms. The minimum absolute atomic E-state index is 0.210. The van der Waals surface area contributed by atoms with E-state index < -0.39 is 15.8 Å². The molecule has 0 unspecified atom stereocenters. The van der Waals surface area contributed by atoms with Gasteiger partial charge in [-0.3, -0.25) is 9.48 Å². The Morgan fingerprint density at radius 3 is 2.19 bits per heavy atom. The zero-order valence-corrected chi connectivity index (χ0v) is 15.6. The lowest BCUT2D eigenvalue weighted by atomic mass is 10.0. The fourth-order valence-electron chi connectivity index (χ4n) is 2.70. The second-order valence-corrected chi connectivity index (χ2v) is 8.02. The van der Waals surface area contributed by atoms with Crippen molar-refractivity contribution in [2.24, 2.45) is 0 Å². The van der Waals surface area contributed by atoms with Gasteiger partial charge in [0.2, 0.25) is 0 Å². The summed E-state index contributed by atoms with van der Waals surface area (Å²) in [6.07, 6.45) is 2.81. The molecule has 8 heteroatoms. The zero-order chi connectivity index (χ0) is 19.6. The van der Waals surface area contributed by atoms with E-state index in [-0.39, 0.29) is 11.4 Å². The van der Waals surface area contributed by atoms with Crippen molar-refractivity contribution in [3.8, 4) is 28.1 Å². The molecule has 0 spiro atoms. The molecule has 0 radical (unpaired) electrons. The number of sulfone groups is 1. The molecule has 0 aliphatic carbocycles. The van der Waals surface area contributed by atoms with Crippen LogP contribution in [0.25, 0.3) is 22.4 Å². The largest absolute Gasteiger partial charge is 0.497 e. The molecule has 0 atom stereocenters. The minimum Gasteiger partial charge on any atom is -0.497 e. The van der Waals surface area contributed by atoms with Crippen LogP contribution in [0.3, 0.4) is 0 Å². The molecule has 0 saturated carbocycles. The first-order valence-electron chi connectivity index (χ1n) is 8.02. The van der Waals surface area contributed by atoms with E-state index in [2.05, 4.69) is 5.10 Å². The van der Waals surface area contributed by atoms with Crippen LogP contribution in [-0.4, -0.2) is 42.6 Å². The Labute approximate surface area is 156 Å². The van der Waals surface area contributed by atoms with Crippen LogP contribution in [0.4, 0.5) is 0 Å². The third kappa shape index (κ3) is 4.17.